The largest absolute Gasteiger partial charge is 0.329 e. The summed E-state index contributed by atoms with van der Waals surface area (Å²) in [5, 5.41) is 0. The Morgan fingerprint density at radius 3 is 2.47 bits per heavy atom. The van der Waals surface area contributed by atoms with Gasteiger partial charge in [0.25, 0.3) is 0 Å². The summed E-state index contributed by atoms with van der Waals surface area (Å²) in [4.78, 5) is 8.21. The van der Waals surface area contributed by atoms with E-state index in [-0.39, 0.29) is 5.92 Å². The van der Waals surface area contributed by atoms with Crippen LogP contribution in [0.3, 0.4) is 0 Å². The van der Waals surface area contributed by atoms with Crippen LogP contribution in [0, 0.1) is 0 Å². The lowest BCUT2D eigenvalue weighted by atomic mass is 9.94. The molecule has 0 bridgehead atoms. The third-order valence-electron chi connectivity index (χ3n) is 2.99. The zero-order chi connectivity index (χ0) is 12.1. The monoisotopic (exact) mass is 227 g/mol. The van der Waals surface area contributed by atoms with Crippen molar-refractivity contribution in [3.63, 3.8) is 0 Å². The molecule has 1 aromatic heterocycles. The first-order chi connectivity index (χ1) is 8.35. The van der Waals surface area contributed by atoms with Crippen LogP contribution < -0.4 is 5.73 Å². The molecule has 88 valence electrons. The second-order valence-corrected chi connectivity index (χ2v) is 4.02. The van der Waals surface area contributed by atoms with Crippen LogP contribution in [0.4, 0.5) is 0 Å². The van der Waals surface area contributed by atoms with Crippen molar-refractivity contribution in [3.05, 3.63) is 59.7 Å². The molecule has 17 heavy (non-hydrogen) atoms. The maximum atomic E-state index is 5.85. The Balaban J connectivity index is 2.29. The number of hydrogen-bond acceptors (Lipinski definition) is 3. The number of hydrogen-bond donors (Lipinski definition) is 1. The van der Waals surface area contributed by atoms with Gasteiger partial charge in [0, 0.05) is 18.7 Å². The van der Waals surface area contributed by atoms with Crippen LogP contribution >= 0.6 is 0 Å². The van der Waals surface area contributed by atoms with Crippen LogP contribution in [0.5, 0.6) is 0 Å². The van der Waals surface area contributed by atoms with E-state index in [2.05, 4.69) is 41.2 Å². The zero-order valence-corrected chi connectivity index (χ0v) is 10.0. The summed E-state index contributed by atoms with van der Waals surface area (Å²) >= 11 is 0. The highest BCUT2D eigenvalue weighted by atomic mass is 14.8. The van der Waals surface area contributed by atoms with Crippen LogP contribution in [0.2, 0.25) is 0 Å². The summed E-state index contributed by atoms with van der Waals surface area (Å²) in [5.74, 6) is 0.156. The Morgan fingerprint density at radius 2 is 1.94 bits per heavy atom. The van der Waals surface area contributed by atoms with Gasteiger partial charge < -0.3 is 5.73 Å². The summed E-state index contributed by atoms with van der Waals surface area (Å²) in [6, 6.07) is 10.5. The van der Waals surface area contributed by atoms with E-state index in [4.69, 9.17) is 5.73 Å². The zero-order valence-electron chi connectivity index (χ0n) is 10.0. The Kier molecular flexibility index (Phi) is 3.83. The second-order valence-electron chi connectivity index (χ2n) is 4.02. The molecule has 0 saturated heterocycles. The Hall–Kier alpha value is -1.74. The third kappa shape index (κ3) is 2.68. The Labute approximate surface area is 102 Å². The Bertz CT molecular complexity index is 451. The van der Waals surface area contributed by atoms with Crippen LogP contribution in [0.1, 0.15) is 29.7 Å². The first-order valence-corrected chi connectivity index (χ1v) is 5.90. The van der Waals surface area contributed by atoms with Gasteiger partial charge in [-0.2, -0.15) is 0 Å². The van der Waals surface area contributed by atoms with Gasteiger partial charge in [-0.25, -0.2) is 9.97 Å². The van der Waals surface area contributed by atoms with Crippen LogP contribution in [0.25, 0.3) is 0 Å². The minimum Gasteiger partial charge on any atom is -0.329 e. The molecule has 2 rings (SSSR count). The minimum absolute atomic E-state index is 0.156. The molecular weight excluding hydrogens is 210 g/mol. The highest BCUT2D eigenvalue weighted by Gasteiger charge is 2.13. The van der Waals surface area contributed by atoms with Crippen LogP contribution in [-0.2, 0) is 6.42 Å². The van der Waals surface area contributed by atoms with Crippen molar-refractivity contribution >= 4 is 0 Å². The van der Waals surface area contributed by atoms with Gasteiger partial charge in [-0.15, -0.1) is 0 Å². The smallest absolute Gasteiger partial charge is 0.115 e. The quantitative estimate of drug-likeness (QED) is 0.870. The summed E-state index contributed by atoms with van der Waals surface area (Å²) < 4.78 is 0. The molecule has 0 aliphatic heterocycles. The standard InChI is InChI=1S/C14H17N3/c1-2-11-3-5-12(6-4-11)13(9-15)14-7-8-16-10-17-14/h3-8,10,13H,2,9,15H2,1H3. The van der Waals surface area contributed by atoms with Gasteiger partial charge in [0.1, 0.15) is 6.33 Å². The van der Waals surface area contributed by atoms with E-state index >= 15 is 0 Å². The van der Waals surface area contributed by atoms with Gasteiger partial charge in [0.15, 0.2) is 0 Å². The fraction of sp³-hybridized carbons (Fsp3) is 0.286. The molecule has 3 heteroatoms. The molecule has 1 atom stereocenters. The molecular formula is C14H17N3. The molecule has 3 nitrogen and oxygen atoms in total. The molecule has 1 heterocycles. The van der Waals surface area contributed by atoms with Gasteiger partial charge in [-0.05, 0) is 23.6 Å². The number of rotatable bonds is 4. The first-order valence-electron chi connectivity index (χ1n) is 5.90. The van der Waals surface area contributed by atoms with Gasteiger partial charge in [0.05, 0.1) is 5.69 Å². The molecule has 0 fully saturated rings. The van der Waals surface area contributed by atoms with E-state index in [1.807, 2.05) is 6.07 Å². The van der Waals surface area contributed by atoms with Gasteiger partial charge in [0.2, 0.25) is 0 Å². The molecule has 1 unspecified atom stereocenters. The number of nitrogens with zero attached hydrogens (tertiary/aromatic N) is 2. The van der Waals surface area contributed by atoms with E-state index in [0.29, 0.717) is 6.54 Å². The number of aromatic nitrogens is 2. The molecule has 0 spiro atoms. The van der Waals surface area contributed by atoms with E-state index < -0.39 is 0 Å². The van der Waals surface area contributed by atoms with Gasteiger partial charge in [-0.1, -0.05) is 31.2 Å². The summed E-state index contributed by atoms with van der Waals surface area (Å²) in [5.41, 5.74) is 9.38. The van der Waals surface area contributed by atoms with Crippen molar-refractivity contribution < 1.29 is 0 Å². The molecule has 1 aromatic carbocycles. The minimum atomic E-state index is 0.156. The normalized spacial score (nSPS) is 12.4. The molecule has 0 aliphatic rings. The predicted octanol–water partition coefficient (Wildman–Crippen LogP) is 2.13. The van der Waals surface area contributed by atoms with Crippen LogP contribution in [0.15, 0.2) is 42.9 Å². The van der Waals surface area contributed by atoms with Crippen molar-refractivity contribution in [1.29, 1.82) is 0 Å². The first kappa shape index (κ1) is 11.7. The highest BCUT2D eigenvalue weighted by Crippen LogP contribution is 2.21. The number of benzene rings is 1. The van der Waals surface area contributed by atoms with E-state index in [0.717, 1.165) is 12.1 Å². The van der Waals surface area contributed by atoms with Crippen molar-refractivity contribution in [2.75, 3.05) is 6.54 Å². The van der Waals surface area contributed by atoms with Crippen LogP contribution in [-0.4, -0.2) is 16.5 Å². The van der Waals surface area contributed by atoms with Gasteiger partial charge >= 0.3 is 0 Å². The summed E-state index contributed by atoms with van der Waals surface area (Å²) in [6.45, 7) is 2.71. The highest BCUT2D eigenvalue weighted by molar-refractivity contribution is 5.31. The topological polar surface area (TPSA) is 51.8 Å². The molecule has 2 N–H and O–H groups in total. The molecule has 0 saturated carbocycles. The maximum absolute atomic E-state index is 5.85. The van der Waals surface area contributed by atoms with E-state index in [9.17, 15) is 0 Å². The molecule has 0 amide bonds. The van der Waals surface area contributed by atoms with E-state index in [1.54, 1.807) is 12.5 Å². The fourth-order valence-corrected chi connectivity index (χ4v) is 1.92. The number of aryl methyl sites for hydroxylation is 1. The summed E-state index contributed by atoms with van der Waals surface area (Å²) in [6.07, 6.45) is 4.38. The second kappa shape index (κ2) is 5.55. The average Bonchev–Trinajstić information content (AvgIpc) is 2.42. The lowest BCUT2D eigenvalue weighted by Crippen LogP contribution is -2.15. The van der Waals surface area contributed by atoms with Crippen molar-refractivity contribution in [2.24, 2.45) is 5.73 Å². The Morgan fingerprint density at radius 1 is 1.18 bits per heavy atom. The SMILES string of the molecule is CCc1ccc(C(CN)c2ccncn2)cc1. The summed E-state index contributed by atoms with van der Waals surface area (Å²) in [7, 11) is 0. The maximum Gasteiger partial charge on any atom is 0.115 e. The van der Waals surface area contributed by atoms with Crippen molar-refractivity contribution in [3.8, 4) is 0 Å². The lowest BCUT2D eigenvalue weighted by Gasteiger charge is -2.14. The molecule has 2 aromatic rings. The third-order valence-corrected chi connectivity index (χ3v) is 2.99. The average molecular weight is 227 g/mol. The van der Waals surface area contributed by atoms with Gasteiger partial charge in [-0.3, -0.25) is 0 Å². The molecule has 0 radical (unpaired) electrons. The predicted molar refractivity (Wildman–Crippen MR) is 68.7 cm³/mol. The fourth-order valence-electron chi connectivity index (χ4n) is 1.92. The molecule has 0 aliphatic carbocycles. The van der Waals surface area contributed by atoms with E-state index in [1.165, 1.54) is 11.1 Å². The van der Waals surface area contributed by atoms with Crippen molar-refractivity contribution in [2.45, 2.75) is 19.3 Å². The van der Waals surface area contributed by atoms with Crippen molar-refractivity contribution in [1.82, 2.24) is 9.97 Å². The lowest BCUT2D eigenvalue weighted by molar-refractivity contribution is 0.780. The number of nitrogens with two attached hydrogens (primary N) is 1.